The summed E-state index contributed by atoms with van der Waals surface area (Å²) in [4.78, 5) is 12.6. The maximum atomic E-state index is 12.6. The zero-order valence-corrected chi connectivity index (χ0v) is 14.0. The fraction of sp³-hybridized carbons (Fsp3) is 0.500. The molecule has 108 valence electrons. The molecule has 6 heteroatoms. The second kappa shape index (κ2) is 5.52. The molecule has 0 bridgehead atoms. The molecule has 20 heavy (non-hydrogen) atoms. The van der Waals surface area contributed by atoms with Crippen LogP contribution in [0.15, 0.2) is 10.7 Å². The number of carbonyl (C=O) groups is 1. The summed E-state index contributed by atoms with van der Waals surface area (Å²) in [5.41, 5.74) is 3.57. The summed E-state index contributed by atoms with van der Waals surface area (Å²) in [5.74, 6) is 0.0577. The van der Waals surface area contributed by atoms with Gasteiger partial charge in [0, 0.05) is 30.8 Å². The molecule has 0 saturated heterocycles. The van der Waals surface area contributed by atoms with E-state index in [-0.39, 0.29) is 11.8 Å². The zero-order chi connectivity index (χ0) is 15.0. The fourth-order valence-electron chi connectivity index (χ4n) is 2.31. The highest BCUT2D eigenvalue weighted by molar-refractivity contribution is 9.10. The van der Waals surface area contributed by atoms with Crippen LogP contribution < -0.4 is 0 Å². The van der Waals surface area contributed by atoms with E-state index in [9.17, 15) is 4.79 Å². The van der Waals surface area contributed by atoms with Crippen LogP contribution in [0.2, 0.25) is 0 Å². The molecule has 2 rings (SSSR count). The monoisotopic (exact) mass is 338 g/mol. The van der Waals surface area contributed by atoms with Gasteiger partial charge in [0.25, 0.3) is 0 Å². The molecule has 0 fully saturated rings. The molecule has 0 atom stereocenters. The van der Waals surface area contributed by atoms with E-state index in [1.165, 1.54) is 0 Å². The Balaban J connectivity index is 2.36. The summed E-state index contributed by atoms with van der Waals surface area (Å²) in [6, 6.07) is 0.149. The van der Waals surface area contributed by atoms with Gasteiger partial charge >= 0.3 is 0 Å². The number of ketones is 1. The van der Waals surface area contributed by atoms with Gasteiger partial charge in [-0.05, 0) is 43.6 Å². The van der Waals surface area contributed by atoms with Gasteiger partial charge in [-0.1, -0.05) is 0 Å². The Hall–Kier alpha value is -1.43. The van der Waals surface area contributed by atoms with Crippen molar-refractivity contribution in [3.8, 4) is 0 Å². The van der Waals surface area contributed by atoms with Crippen LogP contribution in [0.25, 0.3) is 0 Å². The van der Waals surface area contributed by atoms with E-state index in [0.717, 1.165) is 21.4 Å². The molecular formula is C14H19BrN4O. The van der Waals surface area contributed by atoms with Gasteiger partial charge in [0.15, 0.2) is 5.78 Å². The van der Waals surface area contributed by atoms with Crippen LogP contribution in [0, 0.1) is 13.8 Å². The normalized spacial score (nSPS) is 11.3. The number of aromatic nitrogens is 4. The standard InChI is InChI=1S/C14H19BrN4O/c1-8(2)19-14(12(15)7-16-19)13(20)6-11-9(3)17-18(5)10(11)4/h7-8H,6H2,1-5H3. The Bertz CT molecular complexity index is 654. The number of halogens is 1. The van der Waals surface area contributed by atoms with Gasteiger partial charge in [0.1, 0.15) is 5.69 Å². The molecule has 0 spiro atoms. The largest absolute Gasteiger partial charge is 0.292 e. The third-order valence-electron chi connectivity index (χ3n) is 3.50. The molecule has 0 aliphatic rings. The van der Waals surface area contributed by atoms with E-state index in [4.69, 9.17) is 0 Å². The predicted molar refractivity (Wildman–Crippen MR) is 81.0 cm³/mol. The summed E-state index contributed by atoms with van der Waals surface area (Å²) in [6.07, 6.45) is 2.03. The first-order valence-electron chi connectivity index (χ1n) is 6.58. The van der Waals surface area contributed by atoms with Crippen LogP contribution >= 0.6 is 15.9 Å². The average Bonchev–Trinajstić information content (AvgIpc) is 2.85. The molecule has 2 aromatic heterocycles. The van der Waals surface area contributed by atoms with Crippen LogP contribution in [0.3, 0.4) is 0 Å². The summed E-state index contributed by atoms with van der Waals surface area (Å²) in [7, 11) is 1.89. The van der Waals surface area contributed by atoms with Crippen molar-refractivity contribution in [1.82, 2.24) is 19.6 Å². The van der Waals surface area contributed by atoms with Crippen molar-refractivity contribution in [3.63, 3.8) is 0 Å². The summed E-state index contributed by atoms with van der Waals surface area (Å²) in [5, 5.41) is 8.61. The van der Waals surface area contributed by atoms with E-state index in [1.807, 2.05) is 39.4 Å². The Morgan fingerprint density at radius 2 is 2.05 bits per heavy atom. The van der Waals surface area contributed by atoms with E-state index in [2.05, 4.69) is 26.1 Å². The molecule has 2 heterocycles. The highest BCUT2D eigenvalue weighted by atomic mass is 79.9. The Morgan fingerprint density at radius 3 is 2.55 bits per heavy atom. The van der Waals surface area contributed by atoms with Gasteiger partial charge in [0.05, 0.1) is 16.4 Å². The van der Waals surface area contributed by atoms with Gasteiger partial charge in [-0.25, -0.2) is 0 Å². The maximum Gasteiger partial charge on any atom is 0.186 e. The first kappa shape index (κ1) is 15.0. The maximum absolute atomic E-state index is 12.6. The molecule has 0 unspecified atom stereocenters. The summed E-state index contributed by atoms with van der Waals surface area (Å²) in [6.45, 7) is 7.94. The molecule has 0 radical (unpaired) electrons. The highest BCUT2D eigenvalue weighted by Gasteiger charge is 2.21. The number of carbonyl (C=O) groups excluding carboxylic acids is 1. The summed E-state index contributed by atoms with van der Waals surface area (Å²) >= 11 is 3.42. The van der Waals surface area contributed by atoms with Crippen LogP contribution in [-0.4, -0.2) is 25.3 Å². The van der Waals surface area contributed by atoms with Crippen molar-refractivity contribution in [3.05, 3.63) is 33.3 Å². The van der Waals surface area contributed by atoms with Crippen molar-refractivity contribution >= 4 is 21.7 Å². The highest BCUT2D eigenvalue weighted by Crippen LogP contribution is 2.23. The van der Waals surface area contributed by atoms with Crippen molar-refractivity contribution < 1.29 is 4.79 Å². The Kier molecular flexibility index (Phi) is 4.13. The van der Waals surface area contributed by atoms with E-state index >= 15 is 0 Å². The lowest BCUT2D eigenvalue weighted by molar-refractivity contribution is 0.0979. The summed E-state index contributed by atoms with van der Waals surface area (Å²) < 4.78 is 4.32. The molecule has 0 amide bonds. The topological polar surface area (TPSA) is 52.7 Å². The lowest BCUT2D eigenvalue weighted by atomic mass is 10.1. The number of rotatable bonds is 4. The Morgan fingerprint density at radius 1 is 1.40 bits per heavy atom. The number of hydrogen-bond acceptors (Lipinski definition) is 3. The predicted octanol–water partition coefficient (Wildman–Crippen LogP) is 3.00. The SMILES string of the molecule is Cc1nn(C)c(C)c1CC(=O)c1c(Br)cnn1C(C)C. The third-order valence-corrected chi connectivity index (χ3v) is 4.08. The molecule has 0 aliphatic carbocycles. The average molecular weight is 339 g/mol. The molecular weight excluding hydrogens is 320 g/mol. The van der Waals surface area contributed by atoms with Gasteiger partial charge in [-0.3, -0.25) is 14.2 Å². The minimum absolute atomic E-state index is 0.0577. The van der Waals surface area contributed by atoms with E-state index < -0.39 is 0 Å². The Labute approximate surface area is 127 Å². The lowest BCUT2D eigenvalue weighted by Crippen LogP contribution is -2.15. The molecule has 0 N–H and O–H groups in total. The second-order valence-electron chi connectivity index (χ2n) is 5.25. The molecule has 2 aromatic rings. The number of Topliss-reactive ketones (excluding diaryl/α,β-unsaturated/α-hetero) is 1. The number of nitrogens with zero attached hydrogens (tertiary/aromatic N) is 4. The van der Waals surface area contributed by atoms with Crippen LogP contribution in [-0.2, 0) is 13.5 Å². The first-order chi connectivity index (χ1) is 9.32. The van der Waals surface area contributed by atoms with Gasteiger partial charge in [-0.2, -0.15) is 10.2 Å². The van der Waals surface area contributed by atoms with Gasteiger partial charge in [-0.15, -0.1) is 0 Å². The quantitative estimate of drug-likeness (QED) is 0.805. The van der Waals surface area contributed by atoms with Crippen molar-refractivity contribution in [2.24, 2.45) is 7.05 Å². The molecule has 0 aromatic carbocycles. The van der Waals surface area contributed by atoms with Crippen molar-refractivity contribution in [2.45, 2.75) is 40.2 Å². The van der Waals surface area contributed by atoms with Crippen LogP contribution in [0.5, 0.6) is 0 Å². The minimum Gasteiger partial charge on any atom is -0.292 e. The van der Waals surface area contributed by atoms with Gasteiger partial charge < -0.3 is 0 Å². The number of hydrogen-bond donors (Lipinski definition) is 0. The van der Waals surface area contributed by atoms with Crippen molar-refractivity contribution in [1.29, 1.82) is 0 Å². The van der Waals surface area contributed by atoms with E-state index in [1.54, 1.807) is 10.9 Å². The van der Waals surface area contributed by atoms with Gasteiger partial charge in [0.2, 0.25) is 0 Å². The molecule has 0 saturated carbocycles. The van der Waals surface area contributed by atoms with Crippen molar-refractivity contribution in [2.75, 3.05) is 0 Å². The van der Waals surface area contributed by atoms with E-state index in [0.29, 0.717) is 12.1 Å². The fourth-order valence-corrected chi connectivity index (χ4v) is 2.81. The zero-order valence-electron chi connectivity index (χ0n) is 12.4. The lowest BCUT2D eigenvalue weighted by Gasteiger charge is -2.10. The second-order valence-corrected chi connectivity index (χ2v) is 6.11. The number of aryl methyl sites for hydroxylation is 2. The molecule has 5 nitrogen and oxygen atoms in total. The molecule has 0 aliphatic heterocycles. The first-order valence-corrected chi connectivity index (χ1v) is 7.37. The minimum atomic E-state index is 0.0577. The smallest absolute Gasteiger partial charge is 0.186 e. The third kappa shape index (κ3) is 2.57. The van der Waals surface area contributed by atoms with Crippen LogP contribution in [0.4, 0.5) is 0 Å². The van der Waals surface area contributed by atoms with Crippen LogP contribution in [0.1, 0.15) is 47.3 Å².